The topological polar surface area (TPSA) is 24.5 Å². The highest BCUT2D eigenvalue weighted by molar-refractivity contribution is 5.49. The van der Waals surface area contributed by atoms with Crippen molar-refractivity contribution in [2.75, 3.05) is 32.6 Å². The van der Waals surface area contributed by atoms with Gasteiger partial charge in [-0.15, -0.1) is 0 Å². The van der Waals surface area contributed by atoms with Crippen LogP contribution < -0.4 is 10.1 Å². The van der Waals surface area contributed by atoms with E-state index in [2.05, 4.69) is 43.4 Å². The second-order valence-corrected chi connectivity index (χ2v) is 5.45. The molecule has 2 rings (SSSR count). The Morgan fingerprint density at radius 1 is 1.39 bits per heavy atom. The predicted molar refractivity (Wildman–Crippen MR) is 76.3 cm³/mol. The van der Waals surface area contributed by atoms with Gasteiger partial charge in [-0.1, -0.05) is 6.07 Å². The fourth-order valence-corrected chi connectivity index (χ4v) is 2.00. The van der Waals surface area contributed by atoms with Crippen molar-refractivity contribution < 1.29 is 4.74 Å². The second-order valence-electron chi connectivity index (χ2n) is 5.45. The molecule has 0 saturated heterocycles. The quantitative estimate of drug-likeness (QED) is 0.803. The van der Waals surface area contributed by atoms with Gasteiger partial charge in [0.1, 0.15) is 12.4 Å². The minimum atomic E-state index is 0.571. The fraction of sp³-hybridized carbons (Fsp3) is 0.600. The van der Waals surface area contributed by atoms with Gasteiger partial charge < -0.3 is 15.0 Å². The van der Waals surface area contributed by atoms with E-state index in [-0.39, 0.29) is 0 Å². The molecule has 1 unspecified atom stereocenters. The third kappa shape index (κ3) is 4.22. The Morgan fingerprint density at radius 2 is 2.17 bits per heavy atom. The molecule has 1 saturated carbocycles. The molecule has 1 atom stereocenters. The number of hydrogen-bond donors (Lipinski definition) is 1. The molecule has 0 amide bonds. The summed E-state index contributed by atoms with van der Waals surface area (Å²) < 4.78 is 5.73. The van der Waals surface area contributed by atoms with Crippen molar-refractivity contribution in [3.05, 3.63) is 24.3 Å². The highest BCUT2D eigenvalue weighted by Crippen LogP contribution is 2.34. The van der Waals surface area contributed by atoms with Crippen LogP contribution in [0.2, 0.25) is 0 Å². The molecule has 1 fully saturated rings. The molecule has 0 radical (unpaired) electrons. The summed E-state index contributed by atoms with van der Waals surface area (Å²) in [5.41, 5.74) is 1.16. The molecule has 100 valence electrons. The van der Waals surface area contributed by atoms with Crippen LogP contribution in [0.3, 0.4) is 0 Å². The van der Waals surface area contributed by atoms with Crippen LogP contribution in [0, 0.1) is 5.92 Å². The maximum absolute atomic E-state index is 5.73. The lowest BCUT2D eigenvalue weighted by atomic mass is 10.2. The van der Waals surface area contributed by atoms with Crippen LogP contribution in [-0.2, 0) is 0 Å². The van der Waals surface area contributed by atoms with Crippen molar-refractivity contribution in [2.45, 2.75) is 25.8 Å². The third-order valence-corrected chi connectivity index (χ3v) is 3.36. The van der Waals surface area contributed by atoms with Gasteiger partial charge in [0.05, 0.1) is 0 Å². The van der Waals surface area contributed by atoms with E-state index in [0.29, 0.717) is 6.04 Å². The van der Waals surface area contributed by atoms with Crippen molar-refractivity contribution in [1.29, 1.82) is 0 Å². The summed E-state index contributed by atoms with van der Waals surface area (Å²) >= 11 is 0. The average molecular weight is 248 g/mol. The number of benzene rings is 1. The maximum Gasteiger partial charge on any atom is 0.121 e. The molecule has 1 aliphatic carbocycles. The number of nitrogens with zero attached hydrogens (tertiary/aromatic N) is 1. The maximum atomic E-state index is 5.73. The highest BCUT2D eigenvalue weighted by atomic mass is 16.5. The van der Waals surface area contributed by atoms with Crippen molar-refractivity contribution in [1.82, 2.24) is 4.90 Å². The van der Waals surface area contributed by atoms with Crippen LogP contribution in [0.4, 0.5) is 5.69 Å². The van der Waals surface area contributed by atoms with E-state index in [4.69, 9.17) is 4.74 Å². The van der Waals surface area contributed by atoms with E-state index in [1.807, 2.05) is 12.1 Å². The van der Waals surface area contributed by atoms with Crippen LogP contribution in [-0.4, -0.2) is 38.2 Å². The minimum Gasteiger partial charge on any atom is -0.492 e. The molecule has 1 aromatic carbocycles. The minimum absolute atomic E-state index is 0.571. The van der Waals surface area contributed by atoms with Gasteiger partial charge in [0, 0.05) is 24.3 Å². The normalized spacial score (nSPS) is 16.7. The van der Waals surface area contributed by atoms with Crippen LogP contribution >= 0.6 is 0 Å². The van der Waals surface area contributed by atoms with Crippen LogP contribution in [0.1, 0.15) is 19.8 Å². The van der Waals surface area contributed by atoms with Gasteiger partial charge in [0.2, 0.25) is 0 Å². The molecule has 0 aromatic heterocycles. The molecular weight excluding hydrogens is 224 g/mol. The highest BCUT2D eigenvalue weighted by Gasteiger charge is 2.27. The first kappa shape index (κ1) is 13.2. The van der Waals surface area contributed by atoms with Crippen LogP contribution in [0.5, 0.6) is 5.75 Å². The lowest BCUT2D eigenvalue weighted by Crippen LogP contribution is -2.19. The number of hydrogen-bond acceptors (Lipinski definition) is 3. The summed E-state index contributed by atoms with van der Waals surface area (Å²) in [5.74, 6) is 1.81. The summed E-state index contributed by atoms with van der Waals surface area (Å²) in [6.45, 7) is 3.93. The molecule has 0 bridgehead atoms. The summed E-state index contributed by atoms with van der Waals surface area (Å²) in [6.07, 6.45) is 2.74. The van der Waals surface area contributed by atoms with Crippen molar-refractivity contribution in [2.24, 2.45) is 5.92 Å². The Morgan fingerprint density at radius 3 is 2.83 bits per heavy atom. The number of anilines is 1. The lowest BCUT2D eigenvalue weighted by Gasteiger charge is -2.16. The summed E-state index contributed by atoms with van der Waals surface area (Å²) in [4.78, 5) is 2.12. The predicted octanol–water partition coefficient (Wildman–Crippen LogP) is 2.84. The summed E-state index contributed by atoms with van der Waals surface area (Å²) in [5, 5.41) is 3.55. The molecule has 0 spiro atoms. The van der Waals surface area contributed by atoms with Gasteiger partial charge in [-0.3, -0.25) is 0 Å². The van der Waals surface area contributed by atoms with Gasteiger partial charge in [0.25, 0.3) is 0 Å². The van der Waals surface area contributed by atoms with E-state index in [1.165, 1.54) is 12.8 Å². The molecule has 1 aromatic rings. The van der Waals surface area contributed by atoms with E-state index in [0.717, 1.165) is 30.5 Å². The summed E-state index contributed by atoms with van der Waals surface area (Å²) in [7, 11) is 4.11. The number of nitrogens with one attached hydrogen (secondary N) is 1. The Labute approximate surface area is 110 Å². The first-order chi connectivity index (χ1) is 8.65. The van der Waals surface area contributed by atoms with Crippen LogP contribution in [0.25, 0.3) is 0 Å². The molecule has 18 heavy (non-hydrogen) atoms. The van der Waals surface area contributed by atoms with Crippen LogP contribution in [0.15, 0.2) is 24.3 Å². The molecule has 1 aliphatic rings. The zero-order chi connectivity index (χ0) is 13.0. The zero-order valence-electron chi connectivity index (χ0n) is 11.6. The molecular formula is C15H24N2O. The van der Waals surface area contributed by atoms with Gasteiger partial charge in [-0.25, -0.2) is 0 Å². The average Bonchev–Trinajstić information content (AvgIpc) is 3.12. The van der Waals surface area contributed by atoms with Gasteiger partial charge in [-0.05, 0) is 51.9 Å². The monoisotopic (exact) mass is 248 g/mol. The Hall–Kier alpha value is -1.22. The van der Waals surface area contributed by atoms with E-state index in [1.54, 1.807) is 0 Å². The Bertz CT molecular complexity index is 375. The number of rotatable bonds is 7. The first-order valence-electron chi connectivity index (χ1n) is 6.79. The molecule has 3 heteroatoms. The fourth-order valence-electron chi connectivity index (χ4n) is 2.00. The molecule has 1 N–H and O–H groups in total. The number of likely N-dealkylation sites (N-methyl/N-ethyl adjacent to an activating group) is 1. The largest absolute Gasteiger partial charge is 0.492 e. The van der Waals surface area contributed by atoms with E-state index in [9.17, 15) is 0 Å². The molecule has 0 aliphatic heterocycles. The Balaban J connectivity index is 1.84. The third-order valence-electron chi connectivity index (χ3n) is 3.36. The van der Waals surface area contributed by atoms with Gasteiger partial charge in [0.15, 0.2) is 0 Å². The summed E-state index contributed by atoms with van der Waals surface area (Å²) in [6, 6.07) is 8.84. The van der Waals surface area contributed by atoms with E-state index < -0.39 is 0 Å². The SMILES string of the molecule is CC(Nc1cccc(OCCN(C)C)c1)C1CC1. The molecule has 3 nitrogen and oxygen atoms in total. The standard InChI is InChI=1S/C15H24N2O/c1-12(13-7-8-13)16-14-5-4-6-15(11-14)18-10-9-17(2)3/h4-6,11-13,16H,7-10H2,1-3H3. The molecule has 0 heterocycles. The van der Waals surface area contributed by atoms with E-state index >= 15 is 0 Å². The van der Waals surface area contributed by atoms with Gasteiger partial charge >= 0.3 is 0 Å². The smallest absolute Gasteiger partial charge is 0.121 e. The van der Waals surface area contributed by atoms with Crippen molar-refractivity contribution in [3.8, 4) is 5.75 Å². The lowest BCUT2D eigenvalue weighted by molar-refractivity contribution is 0.261. The van der Waals surface area contributed by atoms with Crippen molar-refractivity contribution in [3.63, 3.8) is 0 Å². The first-order valence-corrected chi connectivity index (χ1v) is 6.79. The Kier molecular flexibility index (Phi) is 4.48. The number of ether oxygens (including phenoxy) is 1. The van der Waals surface area contributed by atoms with Crippen molar-refractivity contribution >= 4 is 5.69 Å². The zero-order valence-corrected chi connectivity index (χ0v) is 11.6. The van der Waals surface area contributed by atoms with Gasteiger partial charge in [-0.2, -0.15) is 0 Å². The second kappa shape index (κ2) is 6.10.